The van der Waals surface area contributed by atoms with Crippen LogP contribution in [0.2, 0.25) is 0 Å². The molecule has 0 amide bonds. The second-order valence-corrected chi connectivity index (χ2v) is 15.9. The monoisotopic (exact) mass is 807 g/mol. The Morgan fingerprint density at radius 1 is 0.414 bits per heavy atom. The first-order valence-corrected chi connectivity index (χ1v) is 23.3. The van der Waals surface area contributed by atoms with Crippen LogP contribution in [0.25, 0.3) is 21.5 Å². The van der Waals surface area contributed by atoms with E-state index in [1.165, 1.54) is 51.4 Å². The lowest BCUT2D eigenvalue weighted by Crippen LogP contribution is -2.30. The van der Waals surface area contributed by atoms with Crippen LogP contribution in [0.4, 0.5) is 0 Å². The lowest BCUT2D eigenvalue weighted by atomic mass is 10.0. The number of carbonyl (C=O) groups is 2. The molecule has 0 aliphatic rings. The molecule has 0 aromatic heterocycles. The Kier molecular flexibility index (Phi) is 26.7. The average molecular weight is 807 g/mol. The minimum Gasteiger partial charge on any atom is -0.488 e. The molecule has 0 saturated carbocycles. The third-order valence-corrected chi connectivity index (χ3v) is 10.6. The Morgan fingerprint density at radius 3 is 1.07 bits per heavy atom. The summed E-state index contributed by atoms with van der Waals surface area (Å²) in [7, 11) is 0. The van der Waals surface area contributed by atoms with Crippen LogP contribution in [0.3, 0.4) is 0 Å². The number of esters is 2. The van der Waals surface area contributed by atoms with E-state index in [1.807, 2.05) is 48.5 Å². The fourth-order valence-electron chi connectivity index (χ4n) is 7.22. The fraction of sp³-hybridized carbons (Fsp3) is 0.680. The number of carbonyl (C=O) groups excluding carboxylic acids is 2. The zero-order chi connectivity index (χ0) is 41.5. The molecule has 3 rings (SSSR count). The normalized spacial score (nSPS) is 12.5. The van der Waals surface area contributed by atoms with Crippen molar-refractivity contribution < 1.29 is 38.0 Å². The highest BCUT2D eigenvalue weighted by molar-refractivity contribution is 6.11. The van der Waals surface area contributed by atoms with Crippen LogP contribution in [0.15, 0.2) is 48.5 Å². The molecule has 0 heterocycles. The summed E-state index contributed by atoms with van der Waals surface area (Å²) in [5.41, 5.74) is 0. The average Bonchev–Trinajstić information content (AvgIpc) is 3.23. The zero-order valence-electron chi connectivity index (χ0n) is 36.8. The van der Waals surface area contributed by atoms with Gasteiger partial charge in [-0.1, -0.05) is 179 Å². The lowest BCUT2D eigenvalue weighted by Gasteiger charge is -2.23. The molecule has 8 heteroatoms. The van der Waals surface area contributed by atoms with Crippen LogP contribution in [0.1, 0.15) is 169 Å². The van der Waals surface area contributed by atoms with Gasteiger partial charge in [-0.25, -0.2) is 0 Å². The highest BCUT2D eigenvalue weighted by atomic mass is 16.6. The van der Waals surface area contributed by atoms with Gasteiger partial charge < -0.3 is 28.4 Å². The number of hydrogen-bond donors (Lipinski definition) is 0. The molecule has 0 radical (unpaired) electrons. The third-order valence-electron chi connectivity index (χ3n) is 10.6. The maximum Gasteiger partial charge on any atom is 0.306 e. The Bertz CT molecular complexity index is 1350. The molecular weight excluding hydrogens is 729 g/mol. The van der Waals surface area contributed by atoms with Gasteiger partial charge in [0.25, 0.3) is 0 Å². The van der Waals surface area contributed by atoms with Crippen LogP contribution >= 0.6 is 0 Å². The van der Waals surface area contributed by atoms with Crippen LogP contribution in [-0.4, -0.2) is 63.8 Å². The number of fused-ring (bicyclic) bond motifs is 2. The van der Waals surface area contributed by atoms with Crippen molar-refractivity contribution in [3.63, 3.8) is 0 Å². The summed E-state index contributed by atoms with van der Waals surface area (Å²) < 4.78 is 37.5. The molecule has 3 aromatic rings. The van der Waals surface area contributed by atoms with Gasteiger partial charge in [0, 0.05) is 47.6 Å². The first-order valence-electron chi connectivity index (χ1n) is 23.3. The predicted octanol–water partition coefficient (Wildman–Crippen LogP) is 13.3. The van der Waals surface area contributed by atoms with E-state index in [-0.39, 0.29) is 38.4 Å². The van der Waals surface area contributed by atoms with E-state index in [2.05, 4.69) is 27.7 Å². The summed E-state index contributed by atoms with van der Waals surface area (Å²) in [5, 5.41) is 3.55. The number of ether oxygens (including phenoxy) is 6. The van der Waals surface area contributed by atoms with E-state index in [4.69, 9.17) is 28.4 Å². The molecular formula is C50H78O8. The van der Waals surface area contributed by atoms with Crippen LogP contribution in [0.5, 0.6) is 11.5 Å². The van der Waals surface area contributed by atoms with Gasteiger partial charge in [0.2, 0.25) is 0 Å². The first kappa shape index (κ1) is 49.0. The van der Waals surface area contributed by atoms with Gasteiger partial charge in [0.1, 0.15) is 24.7 Å². The van der Waals surface area contributed by atoms with E-state index < -0.39 is 12.2 Å². The Balaban J connectivity index is 1.77. The molecule has 2 unspecified atom stereocenters. The standard InChI is InChI=1S/C50H78O8/c1-5-9-13-17-19-27-35-53-37-41(57-47(51)33-21-15-11-7-3)39-55-49-43-29-23-25-31-45(43)50(46-32-26-24-30-44(46)49)56-40-42(58-48(52)34-22-16-12-8-4)38-54-36-28-20-18-14-10-6-2/h23-26,29-32,41-42H,5-22,27-28,33-40H2,1-4H3. The van der Waals surface area contributed by atoms with Crippen molar-refractivity contribution in [1.29, 1.82) is 0 Å². The van der Waals surface area contributed by atoms with Gasteiger partial charge in [0.15, 0.2) is 12.2 Å². The van der Waals surface area contributed by atoms with Crippen LogP contribution < -0.4 is 9.47 Å². The van der Waals surface area contributed by atoms with E-state index in [9.17, 15) is 9.59 Å². The van der Waals surface area contributed by atoms with Gasteiger partial charge in [-0.2, -0.15) is 0 Å². The molecule has 8 nitrogen and oxygen atoms in total. The first-order chi connectivity index (χ1) is 28.5. The Hall–Kier alpha value is -3.36. The van der Waals surface area contributed by atoms with E-state index in [0.717, 1.165) is 98.6 Å². The Morgan fingerprint density at radius 2 is 0.724 bits per heavy atom. The largest absolute Gasteiger partial charge is 0.488 e. The van der Waals surface area contributed by atoms with Crippen LogP contribution in [0, 0.1) is 0 Å². The fourth-order valence-corrected chi connectivity index (χ4v) is 7.22. The van der Waals surface area contributed by atoms with Gasteiger partial charge in [-0.15, -0.1) is 0 Å². The number of benzene rings is 3. The molecule has 326 valence electrons. The molecule has 0 spiro atoms. The molecule has 3 aromatic carbocycles. The second kappa shape index (κ2) is 31.5. The van der Waals surface area contributed by atoms with Crippen molar-refractivity contribution in [2.24, 2.45) is 0 Å². The van der Waals surface area contributed by atoms with Crippen molar-refractivity contribution in [1.82, 2.24) is 0 Å². The van der Waals surface area contributed by atoms with Crippen LogP contribution in [-0.2, 0) is 28.5 Å². The lowest BCUT2D eigenvalue weighted by molar-refractivity contribution is -0.155. The zero-order valence-corrected chi connectivity index (χ0v) is 36.8. The SMILES string of the molecule is CCCCCCCCOCC(COc1c2ccccc2c(OCC(COCCCCCCCC)OC(=O)CCCCCC)c2ccccc12)OC(=O)CCCCCC. The second-order valence-electron chi connectivity index (χ2n) is 15.9. The number of hydrogen-bond acceptors (Lipinski definition) is 8. The summed E-state index contributed by atoms with van der Waals surface area (Å²) in [6.45, 7) is 10.9. The predicted molar refractivity (Wildman–Crippen MR) is 238 cm³/mol. The Labute approximate surface area is 351 Å². The minimum atomic E-state index is -0.541. The molecule has 0 bridgehead atoms. The molecule has 0 aliphatic heterocycles. The van der Waals surface area contributed by atoms with Gasteiger partial charge in [0.05, 0.1) is 13.2 Å². The quantitative estimate of drug-likeness (QED) is 0.0326. The van der Waals surface area contributed by atoms with Gasteiger partial charge in [-0.05, 0) is 25.7 Å². The summed E-state index contributed by atoms with van der Waals surface area (Å²) in [4.78, 5) is 25.9. The van der Waals surface area contributed by atoms with E-state index in [1.54, 1.807) is 0 Å². The summed E-state index contributed by atoms with van der Waals surface area (Å²) >= 11 is 0. The van der Waals surface area contributed by atoms with E-state index in [0.29, 0.717) is 37.6 Å². The number of unbranched alkanes of at least 4 members (excludes halogenated alkanes) is 16. The topological polar surface area (TPSA) is 89.5 Å². The molecule has 0 fully saturated rings. The van der Waals surface area contributed by atoms with Gasteiger partial charge in [-0.3, -0.25) is 9.59 Å². The highest BCUT2D eigenvalue weighted by Gasteiger charge is 2.22. The molecule has 2 atom stereocenters. The van der Waals surface area contributed by atoms with Crippen molar-refractivity contribution >= 4 is 33.5 Å². The van der Waals surface area contributed by atoms with Crippen molar-refractivity contribution in [3.8, 4) is 11.5 Å². The van der Waals surface area contributed by atoms with Crippen molar-refractivity contribution in [2.75, 3.05) is 39.6 Å². The maximum atomic E-state index is 13.0. The molecule has 0 aliphatic carbocycles. The van der Waals surface area contributed by atoms with Gasteiger partial charge >= 0.3 is 11.9 Å². The van der Waals surface area contributed by atoms with Crippen molar-refractivity contribution in [2.45, 2.75) is 181 Å². The third kappa shape index (κ3) is 19.6. The molecule has 58 heavy (non-hydrogen) atoms. The van der Waals surface area contributed by atoms with E-state index >= 15 is 0 Å². The van der Waals surface area contributed by atoms with Crippen molar-refractivity contribution in [3.05, 3.63) is 48.5 Å². The molecule has 0 saturated heterocycles. The minimum absolute atomic E-state index is 0.164. The summed E-state index contributed by atoms with van der Waals surface area (Å²) in [5.74, 6) is 0.989. The maximum absolute atomic E-state index is 13.0. The smallest absolute Gasteiger partial charge is 0.306 e. The molecule has 0 N–H and O–H groups in total. The number of rotatable bonds is 36. The highest BCUT2D eigenvalue weighted by Crippen LogP contribution is 2.43. The summed E-state index contributed by atoms with van der Waals surface area (Å²) in [6, 6.07) is 16.1. The summed E-state index contributed by atoms with van der Waals surface area (Å²) in [6.07, 6.45) is 22.0.